The molecule has 0 fully saturated rings. The number of hydrogen-bond acceptors (Lipinski definition) is 1. The maximum atomic E-state index is 11.4. The molecule has 3 heteroatoms. The van der Waals surface area contributed by atoms with Crippen LogP contribution >= 0.6 is 0 Å². The molecule has 1 N–H and O–H groups in total. The fourth-order valence-electron chi connectivity index (χ4n) is 0.752. The Balaban J connectivity index is 2.43. The monoisotopic (exact) mass is 136 g/mol. The van der Waals surface area contributed by atoms with Gasteiger partial charge in [-0.15, -0.1) is 0 Å². The maximum absolute atomic E-state index is 11.4. The predicted octanol–water partition coefficient (Wildman–Crippen LogP) is 1.28. The van der Waals surface area contributed by atoms with Crippen LogP contribution in [0.25, 0.3) is 0 Å². The minimum Gasteiger partial charge on any atom is -0.326 e. The van der Waals surface area contributed by atoms with Gasteiger partial charge in [-0.3, -0.25) is 0 Å². The topological polar surface area (TPSA) is 12.0 Å². The van der Waals surface area contributed by atoms with Gasteiger partial charge >= 0.3 is 7.69 Å². The summed E-state index contributed by atoms with van der Waals surface area (Å²) in [5, 5.41) is 2.47. The Morgan fingerprint density at radius 2 is 2.00 bits per heavy atom. The second kappa shape index (κ2) is 4.06. The minimum absolute atomic E-state index is 0.451. The van der Waals surface area contributed by atoms with Crippen LogP contribution in [-0.4, -0.2) is 7.69 Å². The smallest absolute Gasteiger partial charge is 0.326 e. The van der Waals surface area contributed by atoms with E-state index in [2.05, 4.69) is 5.23 Å². The SMILES string of the molecule is F[B]NCc1ccccc1. The molecule has 0 aliphatic carbocycles. The first-order valence-corrected chi connectivity index (χ1v) is 3.12. The Kier molecular flexibility index (Phi) is 2.96. The summed E-state index contributed by atoms with van der Waals surface area (Å²) in [6.07, 6.45) is 0. The summed E-state index contributed by atoms with van der Waals surface area (Å²) in [5.74, 6) is 0. The molecule has 1 nitrogen and oxygen atoms in total. The summed E-state index contributed by atoms with van der Waals surface area (Å²) >= 11 is 0. The Morgan fingerprint density at radius 3 is 2.60 bits per heavy atom. The van der Waals surface area contributed by atoms with Gasteiger partial charge in [0.2, 0.25) is 0 Å². The van der Waals surface area contributed by atoms with Gasteiger partial charge in [0.25, 0.3) is 0 Å². The van der Waals surface area contributed by atoms with Gasteiger partial charge in [-0.25, -0.2) is 0 Å². The maximum Gasteiger partial charge on any atom is 0.451 e. The van der Waals surface area contributed by atoms with Crippen LogP contribution in [0.2, 0.25) is 0 Å². The Labute approximate surface area is 60.6 Å². The van der Waals surface area contributed by atoms with E-state index >= 15 is 0 Å². The van der Waals surface area contributed by atoms with E-state index < -0.39 is 0 Å². The highest BCUT2D eigenvalue weighted by atomic mass is 19.1. The first-order valence-electron chi connectivity index (χ1n) is 3.12. The molecule has 0 heterocycles. The first-order chi connectivity index (χ1) is 4.93. The number of hydrogen-bond donors (Lipinski definition) is 1. The van der Waals surface area contributed by atoms with E-state index in [1.807, 2.05) is 30.3 Å². The van der Waals surface area contributed by atoms with Crippen molar-refractivity contribution in [3.8, 4) is 0 Å². The Bertz CT molecular complexity index is 178. The van der Waals surface area contributed by atoms with Crippen molar-refractivity contribution in [2.45, 2.75) is 6.54 Å². The molecule has 51 valence electrons. The molecule has 0 aliphatic heterocycles. The van der Waals surface area contributed by atoms with Gasteiger partial charge < -0.3 is 9.54 Å². The summed E-state index contributed by atoms with van der Waals surface area (Å²) in [7, 11) is 0.451. The van der Waals surface area contributed by atoms with Gasteiger partial charge in [-0.05, 0) is 5.56 Å². The Hall–Kier alpha value is -0.825. The fourth-order valence-corrected chi connectivity index (χ4v) is 0.752. The van der Waals surface area contributed by atoms with Gasteiger partial charge in [0.1, 0.15) is 0 Å². The largest absolute Gasteiger partial charge is 0.451 e. The van der Waals surface area contributed by atoms with Crippen molar-refractivity contribution in [2.75, 3.05) is 0 Å². The predicted molar refractivity (Wildman–Crippen MR) is 40.1 cm³/mol. The normalized spacial score (nSPS) is 9.30. The minimum atomic E-state index is 0.451. The number of nitrogens with one attached hydrogen (secondary N) is 1. The average molecular weight is 136 g/mol. The van der Waals surface area contributed by atoms with Crippen LogP contribution in [0.1, 0.15) is 5.56 Å². The molecule has 10 heavy (non-hydrogen) atoms. The van der Waals surface area contributed by atoms with Crippen molar-refractivity contribution in [2.24, 2.45) is 0 Å². The third-order valence-electron chi connectivity index (χ3n) is 1.23. The van der Waals surface area contributed by atoms with Crippen LogP contribution in [0.15, 0.2) is 30.3 Å². The van der Waals surface area contributed by atoms with Crippen molar-refractivity contribution in [3.05, 3.63) is 35.9 Å². The number of rotatable bonds is 3. The summed E-state index contributed by atoms with van der Waals surface area (Å²) in [5.41, 5.74) is 1.08. The van der Waals surface area contributed by atoms with Gasteiger partial charge in [-0.1, -0.05) is 30.3 Å². The molecule has 0 unspecified atom stereocenters. The van der Waals surface area contributed by atoms with E-state index in [1.54, 1.807) is 0 Å². The average Bonchev–Trinajstić information content (AvgIpc) is 2.03. The summed E-state index contributed by atoms with van der Waals surface area (Å²) in [4.78, 5) is 0. The van der Waals surface area contributed by atoms with E-state index in [-0.39, 0.29) is 0 Å². The summed E-state index contributed by atoms with van der Waals surface area (Å²) in [6.45, 7) is 0.553. The molecular weight excluding hydrogens is 128 g/mol. The molecular formula is C7H8BFN. The molecule has 0 bridgehead atoms. The molecule has 1 rings (SSSR count). The van der Waals surface area contributed by atoms with Crippen molar-refractivity contribution >= 4 is 7.69 Å². The first kappa shape index (κ1) is 7.28. The molecule has 0 aromatic heterocycles. The zero-order valence-electron chi connectivity index (χ0n) is 5.55. The third-order valence-corrected chi connectivity index (χ3v) is 1.23. The number of halogens is 1. The summed E-state index contributed by atoms with van der Waals surface area (Å²) < 4.78 is 11.4. The lowest BCUT2D eigenvalue weighted by Gasteiger charge is -1.96. The van der Waals surface area contributed by atoms with Crippen LogP contribution < -0.4 is 5.23 Å². The van der Waals surface area contributed by atoms with E-state index in [9.17, 15) is 4.32 Å². The van der Waals surface area contributed by atoms with Crippen molar-refractivity contribution in [1.29, 1.82) is 0 Å². The van der Waals surface area contributed by atoms with E-state index in [4.69, 9.17) is 0 Å². The molecule has 0 spiro atoms. The molecule has 0 amide bonds. The van der Waals surface area contributed by atoms with Crippen molar-refractivity contribution in [1.82, 2.24) is 5.23 Å². The lowest BCUT2D eigenvalue weighted by atomic mass is 10.2. The van der Waals surface area contributed by atoms with E-state index in [0.29, 0.717) is 14.2 Å². The second-order valence-electron chi connectivity index (χ2n) is 1.98. The van der Waals surface area contributed by atoms with Crippen LogP contribution in [0, 0.1) is 0 Å². The quantitative estimate of drug-likeness (QED) is 0.617. The standard InChI is InChI=1S/C7H8BFN/c9-8-10-6-7-4-2-1-3-5-7/h1-5,10H,6H2. The van der Waals surface area contributed by atoms with Crippen LogP contribution in [-0.2, 0) is 6.54 Å². The molecule has 0 saturated heterocycles. The highest BCUT2D eigenvalue weighted by Gasteiger charge is 1.89. The van der Waals surface area contributed by atoms with Crippen molar-refractivity contribution < 1.29 is 4.32 Å². The van der Waals surface area contributed by atoms with E-state index in [1.165, 1.54) is 0 Å². The lowest BCUT2D eigenvalue weighted by Crippen LogP contribution is -2.13. The van der Waals surface area contributed by atoms with Crippen LogP contribution in [0.4, 0.5) is 4.32 Å². The second-order valence-corrected chi connectivity index (χ2v) is 1.98. The van der Waals surface area contributed by atoms with Gasteiger partial charge in [0.05, 0.1) is 0 Å². The zero-order chi connectivity index (χ0) is 7.23. The van der Waals surface area contributed by atoms with Gasteiger partial charge in [0.15, 0.2) is 0 Å². The summed E-state index contributed by atoms with van der Waals surface area (Å²) in [6, 6.07) is 9.67. The molecule has 1 radical (unpaired) electrons. The van der Waals surface area contributed by atoms with Crippen LogP contribution in [0.3, 0.4) is 0 Å². The Morgan fingerprint density at radius 1 is 1.30 bits per heavy atom. The molecule has 0 saturated carbocycles. The lowest BCUT2D eigenvalue weighted by molar-refractivity contribution is 0.794. The van der Waals surface area contributed by atoms with Crippen LogP contribution in [0.5, 0.6) is 0 Å². The highest BCUT2D eigenvalue weighted by molar-refractivity contribution is 6.22. The highest BCUT2D eigenvalue weighted by Crippen LogP contribution is 1.95. The molecule has 1 aromatic carbocycles. The van der Waals surface area contributed by atoms with E-state index in [0.717, 1.165) is 5.56 Å². The van der Waals surface area contributed by atoms with Gasteiger partial charge in [0, 0.05) is 6.54 Å². The fraction of sp³-hybridized carbons (Fsp3) is 0.143. The van der Waals surface area contributed by atoms with Gasteiger partial charge in [-0.2, -0.15) is 0 Å². The molecule has 0 aliphatic rings. The third kappa shape index (κ3) is 2.19. The van der Waals surface area contributed by atoms with Crippen molar-refractivity contribution in [3.63, 3.8) is 0 Å². The number of benzene rings is 1. The molecule has 1 aromatic rings. The molecule has 0 atom stereocenters. The zero-order valence-corrected chi connectivity index (χ0v) is 5.55.